The normalized spacial score (nSPS) is 18.7. The highest BCUT2D eigenvalue weighted by molar-refractivity contribution is 6.30. The van der Waals surface area contributed by atoms with E-state index in [9.17, 15) is 9.18 Å². The molecule has 5 rings (SSSR count). The number of aromatic nitrogens is 5. The van der Waals surface area contributed by atoms with Crippen molar-refractivity contribution in [3.63, 3.8) is 0 Å². The summed E-state index contributed by atoms with van der Waals surface area (Å²) in [5.74, 6) is -0.488. The molecule has 9 heteroatoms. The van der Waals surface area contributed by atoms with E-state index in [2.05, 4.69) is 10.1 Å². The molecule has 0 bridgehead atoms. The summed E-state index contributed by atoms with van der Waals surface area (Å²) in [5.41, 5.74) is 3.56. The molecule has 1 fully saturated rings. The van der Waals surface area contributed by atoms with Crippen molar-refractivity contribution in [2.75, 3.05) is 6.61 Å². The maximum absolute atomic E-state index is 14.9. The van der Waals surface area contributed by atoms with Crippen molar-refractivity contribution >= 4 is 17.2 Å². The second-order valence-electron chi connectivity index (χ2n) is 8.49. The average Bonchev–Trinajstić information content (AvgIpc) is 3.24. The first-order valence-electron chi connectivity index (χ1n) is 10.8. The molecule has 0 spiro atoms. The van der Waals surface area contributed by atoms with Crippen molar-refractivity contribution in [3.05, 3.63) is 80.5 Å². The number of halogens is 2. The molecule has 1 aliphatic heterocycles. The van der Waals surface area contributed by atoms with Gasteiger partial charge in [0.25, 0.3) is 5.56 Å². The summed E-state index contributed by atoms with van der Waals surface area (Å²) in [4.78, 5) is 22.6. The second-order valence-corrected chi connectivity index (χ2v) is 8.92. The van der Waals surface area contributed by atoms with Crippen LogP contribution in [0.4, 0.5) is 4.39 Å². The Morgan fingerprint density at radius 3 is 2.76 bits per heavy atom. The maximum atomic E-state index is 14.9. The van der Waals surface area contributed by atoms with Crippen LogP contribution >= 0.6 is 11.6 Å². The topological polar surface area (TPSA) is 74.3 Å². The van der Waals surface area contributed by atoms with Gasteiger partial charge in [-0.3, -0.25) is 13.9 Å². The zero-order valence-corrected chi connectivity index (χ0v) is 19.3. The SMILES string of the molecule is Cc1nc2c(-c3ccc(Cl)cc3F)nc([C@@H]3CCO[C@H](c4cnn(C)c4)C3)cn2c(=O)c1C. The van der Waals surface area contributed by atoms with E-state index in [4.69, 9.17) is 21.3 Å². The Labute approximate surface area is 194 Å². The predicted octanol–water partition coefficient (Wildman–Crippen LogP) is 4.53. The van der Waals surface area contributed by atoms with Crippen LogP contribution < -0.4 is 5.56 Å². The first-order valence-corrected chi connectivity index (χ1v) is 11.2. The molecule has 0 amide bonds. The van der Waals surface area contributed by atoms with Gasteiger partial charge in [-0.05, 0) is 44.9 Å². The van der Waals surface area contributed by atoms with Gasteiger partial charge in [0.15, 0.2) is 5.65 Å². The van der Waals surface area contributed by atoms with Crippen LogP contribution in [0.25, 0.3) is 16.9 Å². The first-order chi connectivity index (χ1) is 15.8. The molecule has 170 valence electrons. The lowest BCUT2D eigenvalue weighted by molar-refractivity contribution is 0.00455. The molecule has 0 unspecified atom stereocenters. The van der Waals surface area contributed by atoms with E-state index in [0.717, 1.165) is 12.0 Å². The fourth-order valence-corrected chi connectivity index (χ4v) is 4.48. The Kier molecular flexibility index (Phi) is 5.50. The summed E-state index contributed by atoms with van der Waals surface area (Å²) in [6.45, 7) is 4.06. The third-order valence-corrected chi connectivity index (χ3v) is 6.52. The fourth-order valence-electron chi connectivity index (χ4n) is 4.32. The van der Waals surface area contributed by atoms with Crippen LogP contribution in [0.15, 0.2) is 41.6 Å². The molecule has 0 saturated carbocycles. The van der Waals surface area contributed by atoms with Gasteiger partial charge in [-0.2, -0.15) is 5.10 Å². The molecule has 3 aromatic heterocycles. The van der Waals surface area contributed by atoms with Crippen LogP contribution in [0.1, 0.15) is 47.4 Å². The van der Waals surface area contributed by atoms with Crippen molar-refractivity contribution < 1.29 is 9.13 Å². The molecule has 1 aromatic carbocycles. The number of rotatable bonds is 3. The number of nitrogens with zero attached hydrogens (tertiary/aromatic N) is 5. The Hall–Kier alpha value is -3.10. The average molecular weight is 468 g/mol. The highest BCUT2D eigenvalue weighted by Gasteiger charge is 2.28. The second kappa shape index (κ2) is 8.35. The minimum Gasteiger partial charge on any atom is -0.373 e. The number of hydrogen-bond donors (Lipinski definition) is 0. The van der Waals surface area contributed by atoms with E-state index in [0.29, 0.717) is 41.3 Å². The smallest absolute Gasteiger partial charge is 0.261 e. The molecule has 7 nitrogen and oxygen atoms in total. The van der Waals surface area contributed by atoms with Gasteiger partial charge >= 0.3 is 0 Å². The number of hydrogen-bond acceptors (Lipinski definition) is 5. The van der Waals surface area contributed by atoms with Gasteiger partial charge in [-0.25, -0.2) is 14.4 Å². The summed E-state index contributed by atoms with van der Waals surface area (Å²) >= 11 is 5.97. The highest BCUT2D eigenvalue weighted by Crippen LogP contribution is 2.38. The molecule has 2 atom stereocenters. The minimum atomic E-state index is -0.512. The van der Waals surface area contributed by atoms with Crippen molar-refractivity contribution in [1.82, 2.24) is 24.1 Å². The van der Waals surface area contributed by atoms with Crippen molar-refractivity contribution in [2.45, 2.75) is 38.7 Å². The monoisotopic (exact) mass is 467 g/mol. The fraction of sp³-hybridized carbons (Fsp3) is 0.333. The van der Waals surface area contributed by atoms with Crippen LogP contribution in [0.5, 0.6) is 0 Å². The molecule has 4 aromatic rings. The Morgan fingerprint density at radius 1 is 1.21 bits per heavy atom. The summed E-state index contributed by atoms with van der Waals surface area (Å²) in [7, 11) is 1.87. The minimum absolute atomic E-state index is 0.0241. The van der Waals surface area contributed by atoms with E-state index < -0.39 is 5.82 Å². The summed E-state index contributed by atoms with van der Waals surface area (Å²) in [5, 5.41) is 4.53. The van der Waals surface area contributed by atoms with E-state index in [-0.39, 0.29) is 28.2 Å². The lowest BCUT2D eigenvalue weighted by Crippen LogP contribution is -2.24. The summed E-state index contributed by atoms with van der Waals surface area (Å²) < 4.78 is 24.2. The number of ether oxygens (including phenoxy) is 1. The third kappa shape index (κ3) is 3.94. The standard InChI is InChI=1S/C24H23ClFN5O2/c1-13-14(2)28-23-22(18-5-4-17(25)9-19(18)26)29-20(12-31(23)24(13)32)15-6-7-33-21(8-15)16-10-27-30(3)11-16/h4-5,9-12,15,21H,6-8H2,1-3H3/t15-,21+/m1/s1. The summed E-state index contributed by atoms with van der Waals surface area (Å²) in [6.07, 6.45) is 6.78. The number of aryl methyl sites for hydroxylation is 2. The van der Waals surface area contributed by atoms with E-state index in [1.165, 1.54) is 10.5 Å². The van der Waals surface area contributed by atoms with Crippen molar-refractivity contribution in [2.24, 2.45) is 7.05 Å². The molecule has 1 saturated heterocycles. The van der Waals surface area contributed by atoms with Crippen LogP contribution in [-0.2, 0) is 11.8 Å². The van der Waals surface area contributed by atoms with Crippen LogP contribution in [0, 0.1) is 19.7 Å². The largest absolute Gasteiger partial charge is 0.373 e. The molecule has 33 heavy (non-hydrogen) atoms. The zero-order valence-electron chi connectivity index (χ0n) is 18.5. The van der Waals surface area contributed by atoms with Gasteiger partial charge in [0.05, 0.1) is 18.0 Å². The Bertz CT molecular complexity index is 1430. The van der Waals surface area contributed by atoms with E-state index >= 15 is 0 Å². The molecule has 1 aliphatic rings. The molecular weight excluding hydrogens is 445 g/mol. The molecule has 0 radical (unpaired) electrons. The zero-order chi connectivity index (χ0) is 23.3. The number of benzene rings is 1. The lowest BCUT2D eigenvalue weighted by Gasteiger charge is -2.29. The quantitative estimate of drug-likeness (QED) is 0.442. The van der Waals surface area contributed by atoms with Gasteiger partial charge in [-0.15, -0.1) is 0 Å². The van der Waals surface area contributed by atoms with Gasteiger partial charge in [-0.1, -0.05) is 11.6 Å². The van der Waals surface area contributed by atoms with Gasteiger partial charge in [0, 0.05) is 59.4 Å². The third-order valence-electron chi connectivity index (χ3n) is 6.28. The molecule has 4 heterocycles. The summed E-state index contributed by atoms with van der Waals surface area (Å²) in [6, 6.07) is 4.43. The Morgan fingerprint density at radius 2 is 2.03 bits per heavy atom. The predicted molar refractivity (Wildman–Crippen MR) is 123 cm³/mol. The number of fused-ring (bicyclic) bond motifs is 1. The van der Waals surface area contributed by atoms with Crippen molar-refractivity contribution in [1.29, 1.82) is 0 Å². The van der Waals surface area contributed by atoms with E-state index in [1.54, 1.807) is 43.1 Å². The van der Waals surface area contributed by atoms with Crippen LogP contribution in [0.2, 0.25) is 5.02 Å². The molecular formula is C24H23ClFN5O2. The maximum Gasteiger partial charge on any atom is 0.261 e. The highest BCUT2D eigenvalue weighted by atomic mass is 35.5. The van der Waals surface area contributed by atoms with E-state index in [1.807, 2.05) is 13.2 Å². The van der Waals surface area contributed by atoms with Crippen LogP contribution in [-0.4, -0.2) is 30.8 Å². The molecule has 0 N–H and O–H groups in total. The van der Waals surface area contributed by atoms with Crippen molar-refractivity contribution in [3.8, 4) is 11.3 Å². The Balaban J connectivity index is 1.67. The lowest BCUT2D eigenvalue weighted by atomic mass is 9.90. The van der Waals surface area contributed by atoms with Gasteiger partial charge in [0.1, 0.15) is 11.5 Å². The van der Waals surface area contributed by atoms with Crippen LogP contribution in [0.3, 0.4) is 0 Å². The molecule has 0 aliphatic carbocycles. The van der Waals surface area contributed by atoms with Gasteiger partial charge < -0.3 is 4.74 Å². The first kappa shape index (κ1) is 21.7. The van der Waals surface area contributed by atoms with Gasteiger partial charge in [0.2, 0.25) is 0 Å².